The number of carbonyl (C=O) groups excluding carboxylic acids is 4. The molecule has 4 rings (SSSR count). The van der Waals surface area contributed by atoms with Gasteiger partial charge in [0.15, 0.2) is 14.1 Å². The van der Waals surface area contributed by atoms with Crippen LogP contribution in [0.15, 0.2) is 47.6 Å². The van der Waals surface area contributed by atoms with Crippen molar-refractivity contribution in [3.63, 3.8) is 0 Å². The Morgan fingerprint density at radius 1 is 0.770 bits per heavy atom. The van der Waals surface area contributed by atoms with E-state index in [0.29, 0.717) is 51.4 Å². The molecule has 0 aromatic heterocycles. The number of ether oxygens (including phenoxy) is 7. The highest BCUT2D eigenvalue weighted by Gasteiger charge is 2.53. The fourth-order valence-corrected chi connectivity index (χ4v) is 12.9. The first-order chi connectivity index (χ1) is 34.8. The maximum absolute atomic E-state index is 14.8. The molecule has 2 saturated heterocycles. The molecule has 1 aliphatic carbocycles. The molecule has 1 unspecified atom stereocenters. The molecule has 4 aliphatic rings. The zero-order chi connectivity index (χ0) is 55.3. The van der Waals surface area contributed by atoms with E-state index in [0.717, 1.165) is 36.8 Å². The predicted molar refractivity (Wildman–Crippen MR) is 292 cm³/mol. The smallest absolute Gasteiger partial charge is 0.329 e. The van der Waals surface area contributed by atoms with Gasteiger partial charge in [0.2, 0.25) is 5.79 Å². The summed E-state index contributed by atoms with van der Waals surface area (Å²) in [6, 6.07) is -1.05. The molecule has 14 nitrogen and oxygen atoms in total. The van der Waals surface area contributed by atoms with Gasteiger partial charge in [0.25, 0.3) is 11.7 Å². The molecular formula is C59H99NO13Si. The molecule has 1 N–H and O–H groups in total. The molecular weight excluding hydrogens is 959 g/mol. The molecule has 0 aromatic rings. The summed E-state index contributed by atoms with van der Waals surface area (Å²) >= 11 is 0. The first kappa shape index (κ1) is 63.7. The second-order valence-corrected chi connectivity index (χ2v) is 28.8. The minimum Gasteiger partial charge on any atom is -0.460 e. The van der Waals surface area contributed by atoms with Crippen LogP contribution in [0.5, 0.6) is 0 Å². The number of methoxy groups -OCH3 is 5. The minimum atomic E-state index is -2.39. The van der Waals surface area contributed by atoms with Gasteiger partial charge in [-0.05, 0) is 125 Å². The highest BCUT2D eigenvalue weighted by atomic mass is 28.4. The maximum atomic E-state index is 14.8. The number of hydrogen-bond acceptors (Lipinski definition) is 13. The minimum absolute atomic E-state index is 0.00288. The van der Waals surface area contributed by atoms with Gasteiger partial charge in [0.05, 0.1) is 30.5 Å². The Balaban J connectivity index is 1.74. The molecule has 1 saturated carbocycles. The van der Waals surface area contributed by atoms with Crippen molar-refractivity contribution in [2.45, 2.75) is 225 Å². The monoisotopic (exact) mass is 1060 g/mol. The van der Waals surface area contributed by atoms with E-state index in [9.17, 15) is 24.3 Å². The molecule has 3 aliphatic heterocycles. The number of hydrogen-bond donors (Lipinski definition) is 1. The highest BCUT2D eigenvalue weighted by molar-refractivity contribution is 6.74. The summed E-state index contributed by atoms with van der Waals surface area (Å²) in [5.74, 6) is -6.07. The van der Waals surface area contributed by atoms with E-state index in [1.54, 1.807) is 42.5 Å². The number of piperidine rings is 1. The molecule has 3 heterocycles. The third-order valence-corrected chi connectivity index (χ3v) is 21.9. The Morgan fingerprint density at radius 2 is 1.45 bits per heavy atom. The Kier molecular flexibility index (Phi) is 24.7. The molecule has 2 bridgehead atoms. The number of aliphatic hydroxyl groups is 1. The number of esters is 1. The third-order valence-electron chi connectivity index (χ3n) is 17.4. The van der Waals surface area contributed by atoms with Gasteiger partial charge in [-0.1, -0.05) is 91.8 Å². The van der Waals surface area contributed by atoms with Crippen molar-refractivity contribution in [1.29, 1.82) is 0 Å². The van der Waals surface area contributed by atoms with Crippen molar-refractivity contribution in [1.82, 2.24) is 4.90 Å². The van der Waals surface area contributed by atoms with E-state index in [1.165, 1.54) is 4.90 Å². The normalized spacial score (nSPS) is 38.4. The van der Waals surface area contributed by atoms with Crippen molar-refractivity contribution in [2.24, 2.45) is 35.5 Å². The van der Waals surface area contributed by atoms with Gasteiger partial charge < -0.3 is 47.6 Å². The number of amides is 1. The van der Waals surface area contributed by atoms with Crippen molar-refractivity contribution >= 4 is 31.8 Å². The molecule has 3 fully saturated rings. The van der Waals surface area contributed by atoms with Crippen LogP contribution in [0.3, 0.4) is 0 Å². The van der Waals surface area contributed by atoms with Crippen LogP contribution in [0.4, 0.5) is 0 Å². The van der Waals surface area contributed by atoms with Crippen LogP contribution in [-0.2, 0) is 56.8 Å². The van der Waals surface area contributed by atoms with Gasteiger partial charge in [-0.15, -0.1) is 0 Å². The van der Waals surface area contributed by atoms with Gasteiger partial charge in [0.1, 0.15) is 24.4 Å². The number of fused-ring (bicyclic) bond motifs is 3. The first-order valence-electron chi connectivity index (χ1n) is 27.8. The first-order valence-corrected chi connectivity index (χ1v) is 30.7. The zero-order valence-electron chi connectivity index (χ0n) is 48.6. The molecule has 422 valence electrons. The Hall–Kier alpha value is -2.86. The lowest BCUT2D eigenvalue weighted by Crippen LogP contribution is -2.61. The van der Waals surface area contributed by atoms with E-state index >= 15 is 0 Å². The number of nitrogens with zero attached hydrogens (tertiary/aromatic N) is 1. The summed E-state index contributed by atoms with van der Waals surface area (Å²) in [7, 11) is 6.09. The summed E-state index contributed by atoms with van der Waals surface area (Å²) in [6.45, 7) is 25.2. The topological polar surface area (TPSA) is 166 Å². The van der Waals surface area contributed by atoms with Gasteiger partial charge in [-0.25, -0.2) is 4.79 Å². The van der Waals surface area contributed by atoms with Crippen LogP contribution in [0.1, 0.15) is 146 Å². The van der Waals surface area contributed by atoms with Crippen molar-refractivity contribution in [2.75, 3.05) is 42.1 Å². The summed E-state index contributed by atoms with van der Waals surface area (Å²) < 4.78 is 50.0. The van der Waals surface area contributed by atoms with Crippen LogP contribution in [0.25, 0.3) is 0 Å². The number of cyclic esters (lactones) is 1. The molecule has 74 heavy (non-hydrogen) atoms. The lowest BCUT2D eigenvalue weighted by atomic mass is 9.78. The van der Waals surface area contributed by atoms with E-state index in [1.807, 2.05) is 52.0 Å². The largest absolute Gasteiger partial charge is 0.460 e. The molecule has 0 radical (unpaired) electrons. The lowest BCUT2D eigenvalue weighted by Gasteiger charge is -2.44. The Labute approximate surface area is 447 Å². The summed E-state index contributed by atoms with van der Waals surface area (Å²) in [5, 5.41) is 12.2. The van der Waals surface area contributed by atoms with Crippen LogP contribution in [0, 0.1) is 35.5 Å². The average molecular weight is 1060 g/mol. The second kappa shape index (κ2) is 28.7. The molecule has 1 amide bonds. The fraction of sp³-hybridized carbons (Fsp3) is 0.797. The quantitative estimate of drug-likeness (QED) is 0.0952. The van der Waals surface area contributed by atoms with Crippen molar-refractivity contribution in [3.8, 4) is 0 Å². The van der Waals surface area contributed by atoms with Gasteiger partial charge in [-0.3, -0.25) is 14.4 Å². The molecule has 16 atom stereocenters. The number of Topliss-reactive ketones (excluding diaryl/α,β-unsaturated/α-hetero) is 2. The molecule has 0 spiro atoms. The highest BCUT2D eigenvalue weighted by Crippen LogP contribution is 2.42. The van der Waals surface area contributed by atoms with Crippen molar-refractivity contribution < 1.29 is 61.9 Å². The second-order valence-electron chi connectivity index (χ2n) is 24.1. The average Bonchev–Trinajstić information content (AvgIpc) is 3.35. The Morgan fingerprint density at radius 3 is 2.07 bits per heavy atom. The standard InChI is InChI=1S/C59H99NO13Si/c1-37-23-19-18-20-24-38(2)48(66-11)35-45-28-26-43(7)59(65,72-45)55(62)56(63)60-30-22-21-25-46(60)57(64)71-50(40(4)33-44-27-29-47(51(34-44)68-13)73-74(16,17)58(8,9)10)36-49(67-12)39(3)32-42(6)53(69-14)54(70-15)52(61)41(5)31-37/h18-20,23-24,32,37,39-41,43-51,53-54,65H,21-22,25-31,33-36H2,1-17H3/b20-18+,23-19+,38-24+,42-32+/t37-,39-,40-,41-,43-,44+,45+,46+,47?,48+,49-,50+,51-,53-,54+,59-/m1/s1. The van der Waals surface area contributed by atoms with Gasteiger partial charge in [0, 0.05) is 72.7 Å². The van der Waals surface area contributed by atoms with E-state index in [-0.39, 0.29) is 59.2 Å². The Bertz CT molecular complexity index is 1960. The van der Waals surface area contributed by atoms with Crippen molar-refractivity contribution in [3.05, 3.63) is 47.6 Å². The number of carbonyl (C=O) groups is 4. The molecule has 0 aromatic carbocycles. The summed E-state index contributed by atoms with van der Waals surface area (Å²) in [6.07, 6.45) is 15.4. The third kappa shape index (κ3) is 16.6. The van der Waals surface area contributed by atoms with Crippen LogP contribution < -0.4 is 0 Å². The maximum Gasteiger partial charge on any atom is 0.329 e. The van der Waals surface area contributed by atoms with E-state index < -0.39 is 80.3 Å². The van der Waals surface area contributed by atoms with Crippen LogP contribution >= 0.6 is 0 Å². The number of rotatable bonds is 10. The van der Waals surface area contributed by atoms with E-state index in [2.05, 4.69) is 59.9 Å². The zero-order valence-corrected chi connectivity index (χ0v) is 49.6. The fourth-order valence-electron chi connectivity index (χ4n) is 11.5. The predicted octanol–water partition coefficient (Wildman–Crippen LogP) is 10.3. The summed E-state index contributed by atoms with van der Waals surface area (Å²) in [4.78, 5) is 59.2. The lowest BCUT2D eigenvalue weighted by molar-refractivity contribution is -0.265. The number of allylic oxidation sites excluding steroid dienone is 5. The van der Waals surface area contributed by atoms with E-state index in [4.69, 9.17) is 37.6 Å². The SMILES string of the molecule is CO[C@H]1C[C@@H]2CC[C@@H](C)[C@@](O)(O2)C(=O)C(=O)N2CCCC[C@H]2C(=O)O[C@H]([C@H](C)C[C@@H]2CCC(O[Si](C)(C)C(C)(C)C)[C@H](OC)C2)C[C@@H](OC)[C@H](C)/C=C(\C)[C@@H](OC)[C@@H](OC)C(=O)[C@H](C)C[C@H](C)/C=C/C=C/C=C/1C. The van der Waals surface area contributed by atoms with Gasteiger partial charge >= 0.3 is 5.97 Å². The number of ketones is 2. The molecule has 15 heteroatoms. The van der Waals surface area contributed by atoms with Gasteiger partial charge in [-0.2, -0.15) is 0 Å². The summed E-state index contributed by atoms with van der Waals surface area (Å²) in [5.41, 5.74) is 1.72. The van der Waals surface area contributed by atoms with Crippen LogP contribution in [-0.4, -0.2) is 145 Å². The van der Waals surface area contributed by atoms with Crippen LogP contribution in [0.2, 0.25) is 18.1 Å².